The molecule has 1 heterocycles. The summed E-state index contributed by atoms with van der Waals surface area (Å²) >= 11 is 0. The molecule has 1 aromatic heterocycles. The number of nitrogens with one attached hydrogen (secondary N) is 1. The van der Waals surface area contributed by atoms with Crippen LogP contribution in [-0.4, -0.2) is 16.5 Å². The van der Waals surface area contributed by atoms with E-state index in [4.69, 9.17) is 0 Å². The predicted molar refractivity (Wildman–Crippen MR) is 73.3 cm³/mol. The molecule has 0 aliphatic heterocycles. The van der Waals surface area contributed by atoms with Crippen molar-refractivity contribution in [1.82, 2.24) is 9.97 Å². The van der Waals surface area contributed by atoms with Gasteiger partial charge in [-0.25, -0.2) is 4.98 Å². The van der Waals surface area contributed by atoms with Crippen molar-refractivity contribution < 1.29 is 0 Å². The van der Waals surface area contributed by atoms with E-state index in [-0.39, 0.29) is 0 Å². The van der Waals surface area contributed by atoms with E-state index in [2.05, 4.69) is 29.1 Å². The topological polar surface area (TPSA) is 37.8 Å². The second-order valence-electron chi connectivity index (χ2n) is 4.44. The number of hydrogen-bond acceptors (Lipinski definition) is 3. The van der Waals surface area contributed by atoms with Gasteiger partial charge in [0.2, 0.25) is 0 Å². The monoisotopic (exact) mass is 235 g/mol. The van der Waals surface area contributed by atoms with E-state index in [9.17, 15) is 0 Å². The van der Waals surface area contributed by atoms with Gasteiger partial charge in [-0.15, -0.1) is 0 Å². The molecule has 0 aliphatic rings. The zero-order valence-corrected chi connectivity index (χ0v) is 11.2. The molecule has 0 spiro atoms. The zero-order valence-electron chi connectivity index (χ0n) is 11.2. The number of unbranched alkanes of at least 4 members (excludes halogenated alkanes) is 4. The van der Waals surface area contributed by atoms with Crippen molar-refractivity contribution in [2.45, 2.75) is 58.8 Å². The number of rotatable bonds is 9. The summed E-state index contributed by atoms with van der Waals surface area (Å²) in [5.74, 6) is 0.977. The Morgan fingerprint density at radius 2 is 1.71 bits per heavy atom. The fraction of sp³-hybridized carbons (Fsp3) is 0.714. The minimum atomic E-state index is 0.974. The first-order valence-corrected chi connectivity index (χ1v) is 6.92. The highest BCUT2D eigenvalue weighted by molar-refractivity contribution is 5.39. The molecule has 96 valence electrons. The molecule has 1 rings (SSSR count). The van der Waals surface area contributed by atoms with Gasteiger partial charge in [-0.05, 0) is 19.3 Å². The van der Waals surface area contributed by atoms with Gasteiger partial charge in [0.1, 0.15) is 5.82 Å². The summed E-state index contributed by atoms with van der Waals surface area (Å²) in [5, 5.41) is 3.34. The first-order valence-electron chi connectivity index (χ1n) is 6.92. The molecule has 0 amide bonds. The largest absolute Gasteiger partial charge is 0.369 e. The van der Waals surface area contributed by atoms with Crippen molar-refractivity contribution in [2.24, 2.45) is 0 Å². The van der Waals surface area contributed by atoms with Crippen LogP contribution >= 0.6 is 0 Å². The van der Waals surface area contributed by atoms with Gasteiger partial charge in [0.05, 0.1) is 5.69 Å². The molecule has 3 nitrogen and oxygen atoms in total. The quantitative estimate of drug-likeness (QED) is 0.661. The summed E-state index contributed by atoms with van der Waals surface area (Å²) in [6, 6.07) is 0. The van der Waals surface area contributed by atoms with Crippen LogP contribution in [0.25, 0.3) is 0 Å². The van der Waals surface area contributed by atoms with Crippen LogP contribution in [0.5, 0.6) is 0 Å². The number of anilines is 1. The number of aryl methyl sites for hydroxylation is 1. The summed E-state index contributed by atoms with van der Waals surface area (Å²) in [4.78, 5) is 8.78. The third kappa shape index (κ3) is 5.66. The van der Waals surface area contributed by atoms with Crippen LogP contribution in [0.4, 0.5) is 5.82 Å². The van der Waals surface area contributed by atoms with Gasteiger partial charge in [-0.3, -0.25) is 4.98 Å². The molecule has 3 heteroatoms. The van der Waals surface area contributed by atoms with Crippen molar-refractivity contribution >= 4 is 5.82 Å². The molecule has 17 heavy (non-hydrogen) atoms. The van der Waals surface area contributed by atoms with Crippen LogP contribution < -0.4 is 5.32 Å². The highest BCUT2D eigenvalue weighted by Gasteiger charge is 2.03. The molecule has 0 atom stereocenters. The standard InChI is InChI=1S/C14H25N3/c1-3-5-6-7-8-9-13-14(16-10-4-2)17-12-11-15-13/h11-12H,3-10H2,1-2H3,(H,16,17). The Kier molecular flexibility index (Phi) is 7.35. The third-order valence-electron chi connectivity index (χ3n) is 2.83. The Morgan fingerprint density at radius 3 is 2.47 bits per heavy atom. The fourth-order valence-corrected chi connectivity index (χ4v) is 1.84. The number of aromatic nitrogens is 2. The highest BCUT2D eigenvalue weighted by atomic mass is 15.0. The summed E-state index contributed by atoms with van der Waals surface area (Å²) in [6.45, 7) is 5.38. The summed E-state index contributed by atoms with van der Waals surface area (Å²) in [6.07, 6.45) is 12.2. The fourth-order valence-electron chi connectivity index (χ4n) is 1.84. The van der Waals surface area contributed by atoms with E-state index < -0.39 is 0 Å². The molecule has 1 N–H and O–H groups in total. The lowest BCUT2D eigenvalue weighted by atomic mass is 10.1. The van der Waals surface area contributed by atoms with Crippen molar-refractivity contribution in [3.63, 3.8) is 0 Å². The Balaban J connectivity index is 2.35. The second-order valence-corrected chi connectivity index (χ2v) is 4.44. The molecule has 0 saturated heterocycles. The molecule has 1 aromatic rings. The van der Waals surface area contributed by atoms with E-state index in [1.165, 1.54) is 32.1 Å². The first-order chi connectivity index (χ1) is 8.38. The van der Waals surface area contributed by atoms with Gasteiger partial charge in [0.15, 0.2) is 0 Å². The smallest absolute Gasteiger partial charge is 0.147 e. The first kappa shape index (κ1) is 13.9. The van der Waals surface area contributed by atoms with Gasteiger partial charge in [0.25, 0.3) is 0 Å². The van der Waals surface area contributed by atoms with E-state index in [0.29, 0.717) is 0 Å². The minimum Gasteiger partial charge on any atom is -0.369 e. The Bertz CT molecular complexity index is 299. The summed E-state index contributed by atoms with van der Waals surface area (Å²) < 4.78 is 0. The van der Waals surface area contributed by atoms with Gasteiger partial charge < -0.3 is 5.32 Å². The Labute approximate surface area is 105 Å². The summed E-state index contributed by atoms with van der Waals surface area (Å²) in [5.41, 5.74) is 1.12. The van der Waals surface area contributed by atoms with Gasteiger partial charge in [-0.1, -0.05) is 39.5 Å². The molecule has 0 radical (unpaired) electrons. The molecule has 0 saturated carbocycles. The maximum atomic E-state index is 4.42. The Hall–Kier alpha value is -1.12. The molecular formula is C14H25N3. The van der Waals surface area contributed by atoms with E-state index in [0.717, 1.165) is 30.9 Å². The van der Waals surface area contributed by atoms with E-state index >= 15 is 0 Å². The van der Waals surface area contributed by atoms with Gasteiger partial charge >= 0.3 is 0 Å². The average Bonchev–Trinajstić information content (AvgIpc) is 2.37. The molecule has 0 aliphatic carbocycles. The third-order valence-corrected chi connectivity index (χ3v) is 2.83. The minimum absolute atomic E-state index is 0.974. The van der Waals surface area contributed by atoms with Crippen LogP contribution in [0.1, 0.15) is 58.1 Å². The van der Waals surface area contributed by atoms with Crippen molar-refractivity contribution in [3.05, 3.63) is 18.1 Å². The normalized spacial score (nSPS) is 10.5. The SMILES string of the molecule is CCCCCCCc1nccnc1NCCC. The van der Waals surface area contributed by atoms with E-state index in [1.807, 2.05) is 0 Å². The lowest BCUT2D eigenvalue weighted by Crippen LogP contribution is -2.06. The number of hydrogen-bond donors (Lipinski definition) is 1. The molecule has 0 aromatic carbocycles. The zero-order chi connectivity index (χ0) is 12.3. The van der Waals surface area contributed by atoms with Crippen LogP contribution in [0.3, 0.4) is 0 Å². The maximum absolute atomic E-state index is 4.42. The van der Waals surface area contributed by atoms with Crippen LogP contribution in [-0.2, 0) is 6.42 Å². The lowest BCUT2D eigenvalue weighted by molar-refractivity contribution is 0.627. The van der Waals surface area contributed by atoms with Crippen molar-refractivity contribution in [2.75, 3.05) is 11.9 Å². The van der Waals surface area contributed by atoms with Crippen LogP contribution in [0, 0.1) is 0 Å². The highest BCUT2D eigenvalue weighted by Crippen LogP contribution is 2.13. The van der Waals surface area contributed by atoms with Gasteiger partial charge in [-0.2, -0.15) is 0 Å². The summed E-state index contributed by atoms with van der Waals surface area (Å²) in [7, 11) is 0. The van der Waals surface area contributed by atoms with Crippen molar-refractivity contribution in [1.29, 1.82) is 0 Å². The van der Waals surface area contributed by atoms with Crippen molar-refractivity contribution in [3.8, 4) is 0 Å². The predicted octanol–water partition coefficient (Wildman–Crippen LogP) is 3.81. The second kappa shape index (κ2) is 8.97. The van der Waals surface area contributed by atoms with Crippen LogP contribution in [0.2, 0.25) is 0 Å². The average molecular weight is 235 g/mol. The van der Waals surface area contributed by atoms with Gasteiger partial charge in [0, 0.05) is 18.9 Å². The Morgan fingerprint density at radius 1 is 0.941 bits per heavy atom. The molecule has 0 fully saturated rings. The van der Waals surface area contributed by atoms with E-state index in [1.54, 1.807) is 12.4 Å². The lowest BCUT2D eigenvalue weighted by Gasteiger charge is -2.08. The molecule has 0 bridgehead atoms. The molecular weight excluding hydrogens is 210 g/mol. The maximum Gasteiger partial charge on any atom is 0.147 e. The number of nitrogens with zero attached hydrogens (tertiary/aromatic N) is 2. The molecule has 0 unspecified atom stereocenters. The van der Waals surface area contributed by atoms with Crippen LogP contribution in [0.15, 0.2) is 12.4 Å².